The number of allylic oxidation sites excluding steroid dienone is 2. The van der Waals surface area contributed by atoms with Crippen molar-refractivity contribution in [3.8, 4) is 0 Å². The molecule has 1 aliphatic rings. The second-order valence-electron chi connectivity index (χ2n) is 7.22. The minimum atomic E-state index is -0.303. The topological polar surface area (TPSA) is 32.8 Å². The highest BCUT2D eigenvalue weighted by atomic mass is 16.5. The average molecular weight is 393 g/mol. The van der Waals surface area contributed by atoms with Gasteiger partial charge in [0.05, 0.1) is 12.7 Å². The Morgan fingerprint density at radius 2 is 1.21 bits per heavy atom. The fourth-order valence-corrected chi connectivity index (χ4v) is 4.15. The Bertz CT molecular complexity index is 861. The van der Waals surface area contributed by atoms with Gasteiger partial charge in [-0.05, 0) is 63.1 Å². The molecule has 4 heteroatoms. The van der Waals surface area contributed by atoms with E-state index in [9.17, 15) is 4.79 Å². The Morgan fingerprint density at radius 1 is 0.759 bits per heavy atom. The Hall–Kier alpha value is -2.75. The first-order valence-corrected chi connectivity index (χ1v) is 10.6. The average Bonchev–Trinajstić information content (AvgIpc) is 2.75. The highest BCUT2D eigenvalue weighted by molar-refractivity contribution is 6.32. The highest BCUT2D eigenvalue weighted by Crippen LogP contribution is 2.45. The summed E-state index contributed by atoms with van der Waals surface area (Å²) in [6, 6.07) is 16.5. The van der Waals surface area contributed by atoms with E-state index < -0.39 is 0 Å². The number of methoxy groups -OCH3 is 1. The number of ketones is 1. The monoisotopic (exact) mass is 392 g/mol. The van der Waals surface area contributed by atoms with Gasteiger partial charge >= 0.3 is 0 Å². The third-order valence-electron chi connectivity index (χ3n) is 5.88. The first-order chi connectivity index (χ1) is 14.1. The molecule has 0 aromatic heterocycles. The number of ether oxygens (including phenoxy) is 1. The Labute approximate surface area is 174 Å². The van der Waals surface area contributed by atoms with Crippen LogP contribution in [0.5, 0.6) is 0 Å². The molecule has 4 nitrogen and oxygen atoms in total. The Kier molecular flexibility index (Phi) is 6.63. The zero-order valence-corrected chi connectivity index (χ0v) is 18.2. The van der Waals surface area contributed by atoms with E-state index in [1.807, 2.05) is 12.1 Å². The van der Waals surface area contributed by atoms with E-state index in [0.29, 0.717) is 5.57 Å². The van der Waals surface area contributed by atoms with Crippen LogP contribution in [0.25, 0.3) is 5.57 Å². The van der Waals surface area contributed by atoms with Gasteiger partial charge in [0.25, 0.3) is 0 Å². The molecule has 0 aliphatic heterocycles. The first kappa shape index (κ1) is 21.0. The molecule has 0 bridgehead atoms. The Balaban J connectivity index is 1.86. The normalized spacial score (nSPS) is 15.9. The highest BCUT2D eigenvalue weighted by Gasteiger charge is 2.42. The van der Waals surface area contributed by atoms with E-state index in [0.717, 1.165) is 43.1 Å². The number of hydrogen-bond acceptors (Lipinski definition) is 4. The molecule has 0 radical (unpaired) electrons. The van der Waals surface area contributed by atoms with E-state index in [-0.39, 0.29) is 11.7 Å². The third kappa shape index (κ3) is 3.89. The van der Waals surface area contributed by atoms with Gasteiger partial charge in [-0.1, -0.05) is 24.3 Å². The predicted molar refractivity (Wildman–Crippen MR) is 122 cm³/mol. The number of nitrogens with zero attached hydrogens (tertiary/aromatic N) is 2. The van der Waals surface area contributed by atoms with Crippen molar-refractivity contribution in [3.63, 3.8) is 0 Å². The molecule has 0 amide bonds. The van der Waals surface area contributed by atoms with Gasteiger partial charge in [0.2, 0.25) is 0 Å². The fourth-order valence-electron chi connectivity index (χ4n) is 4.15. The predicted octanol–water partition coefficient (Wildman–Crippen LogP) is 5.10. The van der Waals surface area contributed by atoms with Crippen LogP contribution >= 0.6 is 0 Å². The molecule has 2 aromatic rings. The zero-order chi connectivity index (χ0) is 21.0. The van der Waals surface area contributed by atoms with Gasteiger partial charge in [-0.2, -0.15) is 0 Å². The molecule has 1 atom stereocenters. The maximum atomic E-state index is 13.0. The summed E-state index contributed by atoms with van der Waals surface area (Å²) < 4.78 is 5.67. The van der Waals surface area contributed by atoms with Crippen molar-refractivity contribution in [2.45, 2.75) is 33.6 Å². The molecular weight excluding hydrogens is 360 g/mol. The molecule has 0 heterocycles. The summed E-state index contributed by atoms with van der Waals surface area (Å²) in [4.78, 5) is 17.6. The summed E-state index contributed by atoms with van der Waals surface area (Å²) in [5, 5.41) is 0. The molecule has 0 fully saturated rings. The van der Waals surface area contributed by atoms with E-state index in [2.05, 4.69) is 73.9 Å². The second-order valence-corrected chi connectivity index (χ2v) is 7.22. The lowest BCUT2D eigenvalue weighted by Gasteiger charge is -2.32. The number of Topliss-reactive ketones (excluding diaryl/α,β-unsaturated/α-hetero) is 1. The summed E-state index contributed by atoms with van der Waals surface area (Å²) in [6.45, 7) is 12.5. The number of carbonyl (C=O) groups is 1. The van der Waals surface area contributed by atoms with Gasteiger partial charge in [0.15, 0.2) is 5.78 Å². The number of carbonyl (C=O) groups excluding carboxylic acids is 1. The summed E-state index contributed by atoms with van der Waals surface area (Å²) >= 11 is 0. The zero-order valence-electron chi connectivity index (χ0n) is 18.2. The molecule has 0 saturated carbocycles. The maximum absolute atomic E-state index is 13.0. The molecule has 3 rings (SSSR count). The number of rotatable bonds is 9. The van der Waals surface area contributed by atoms with Crippen molar-refractivity contribution < 1.29 is 9.53 Å². The Morgan fingerprint density at radius 3 is 1.62 bits per heavy atom. The van der Waals surface area contributed by atoms with Crippen LogP contribution in [0.2, 0.25) is 0 Å². The fraction of sp³-hybridized carbons (Fsp3) is 0.400. The van der Waals surface area contributed by atoms with E-state index in [1.165, 1.54) is 11.4 Å². The summed E-state index contributed by atoms with van der Waals surface area (Å²) in [5.74, 6) is 0.595. The quantitative estimate of drug-likeness (QED) is 0.594. The molecule has 154 valence electrons. The van der Waals surface area contributed by atoms with Crippen molar-refractivity contribution in [2.24, 2.45) is 0 Å². The second kappa shape index (κ2) is 9.17. The molecule has 1 unspecified atom stereocenters. The SMILES string of the molecule is CCN(CC)c1ccc(C2=C(OC)C(c3ccc(N(CC)CC)cc3)C2=O)cc1. The number of anilines is 2. The lowest BCUT2D eigenvalue weighted by atomic mass is 9.75. The minimum absolute atomic E-state index is 0.132. The van der Waals surface area contributed by atoms with Gasteiger partial charge in [-0.3, -0.25) is 4.79 Å². The van der Waals surface area contributed by atoms with Crippen LogP contribution in [-0.4, -0.2) is 39.1 Å². The van der Waals surface area contributed by atoms with Gasteiger partial charge in [-0.15, -0.1) is 0 Å². The van der Waals surface area contributed by atoms with Crippen molar-refractivity contribution in [1.29, 1.82) is 0 Å². The van der Waals surface area contributed by atoms with E-state index in [4.69, 9.17) is 4.74 Å². The summed E-state index contributed by atoms with van der Waals surface area (Å²) in [5.41, 5.74) is 4.98. The maximum Gasteiger partial charge on any atom is 0.181 e. The molecule has 29 heavy (non-hydrogen) atoms. The van der Waals surface area contributed by atoms with Crippen LogP contribution in [0.4, 0.5) is 11.4 Å². The molecule has 0 N–H and O–H groups in total. The van der Waals surface area contributed by atoms with Gasteiger partial charge < -0.3 is 14.5 Å². The molecule has 0 saturated heterocycles. The lowest BCUT2D eigenvalue weighted by molar-refractivity contribution is -0.117. The van der Waals surface area contributed by atoms with E-state index in [1.54, 1.807) is 7.11 Å². The molecular formula is C25H32N2O2. The largest absolute Gasteiger partial charge is 0.499 e. The van der Waals surface area contributed by atoms with Crippen LogP contribution in [0, 0.1) is 0 Å². The van der Waals surface area contributed by atoms with E-state index >= 15 is 0 Å². The summed E-state index contributed by atoms with van der Waals surface area (Å²) in [6.07, 6.45) is 0. The van der Waals surface area contributed by atoms with Gasteiger partial charge in [0, 0.05) is 37.6 Å². The van der Waals surface area contributed by atoms with Crippen LogP contribution < -0.4 is 9.80 Å². The standard InChI is InChI=1S/C25H32N2O2/c1-6-26(7-2)20-14-10-18(11-15-20)22-24(28)23(25(22)29-5)19-12-16-21(17-13-19)27(8-3)9-4/h10-17,22H,6-9H2,1-5H3. The summed E-state index contributed by atoms with van der Waals surface area (Å²) in [7, 11) is 1.66. The number of benzene rings is 2. The van der Waals surface area contributed by atoms with Crippen LogP contribution in [0.15, 0.2) is 54.3 Å². The minimum Gasteiger partial charge on any atom is -0.499 e. The van der Waals surface area contributed by atoms with Gasteiger partial charge in [-0.25, -0.2) is 0 Å². The number of hydrogen-bond donors (Lipinski definition) is 0. The molecule has 0 spiro atoms. The van der Waals surface area contributed by atoms with Crippen molar-refractivity contribution >= 4 is 22.7 Å². The van der Waals surface area contributed by atoms with Crippen LogP contribution in [0.1, 0.15) is 44.7 Å². The van der Waals surface area contributed by atoms with Crippen molar-refractivity contribution in [3.05, 3.63) is 65.4 Å². The van der Waals surface area contributed by atoms with Crippen LogP contribution in [0.3, 0.4) is 0 Å². The van der Waals surface area contributed by atoms with Crippen molar-refractivity contribution in [1.82, 2.24) is 0 Å². The first-order valence-electron chi connectivity index (χ1n) is 10.6. The van der Waals surface area contributed by atoms with Crippen molar-refractivity contribution in [2.75, 3.05) is 43.1 Å². The molecule has 1 aliphatic carbocycles. The van der Waals surface area contributed by atoms with Crippen LogP contribution in [-0.2, 0) is 9.53 Å². The smallest absolute Gasteiger partial charge is 0.181 e. The lowest BCUT2D eigenvalue weighted by Crippen LogP contribution is -2.29. The molecule has 2 aromatic carbocycles. The van der Waals surface area contributed by atoms with Gasteiger partial charge in [0.1, 0.15) is 11.7 Å². The third-order valence-corrected chi connectivity index (χ3v) is 5.88.